The van der Waals surface area contributed by atoms with Crippen molar-refractivity contribution in [3.8, 4) is 11.5 Å². The number of ether oxygens (including phenoxy) is 3. The third-order valence-corrected chi connectivity index (χ3v) is 5.75. The summed E-state index contributed by atoms with van der Waals surface area (Å²) >= 11 is 0. The van der Waals surface area contributed by atoms with Gasteiger partial charge in [-0.15, -0.1) is 0 Å². The number of amides is 1. The summed E-state index contributed by atoms with van der Waals surface area (Å²) in [6.45, 7) is 2.20. The van der Waals surface area contributed by atoms with E-state index in [4.69, 9.17) is 14.2 Å². The van der Waals surface area contributed by atoms with E-state index in [9.17, 15) is 13.6 Å². The van der Waals surface area contributed by atoms with Gasteiger partial charge in [0.25, 0.3) is 0 Å². The van der Waals surface area contributed by atoms with Crippen LogP contribution in [0.4, 0.5) is 8.78 Å². The standard InChI is InChI=1S/C28H29F2NO4/c29-24-10-11-26-23(19-24)18-21-5-3-6-22(17-21)20-31(12-14-33-15-16-35-26)28(32)9-4-13-34-27-8-2-1-7-25(27)30/h1-3,5-8,10-11,17,19H,4,9,12-16,18,20H2. The maximum absolute atomic E-state index is 13.9. The number of carbonyl (C=O) groups is 1. The molecule has 0 spiro atoms. The zero-order valence-electron chi connectivity index (χ0n) is 19.6. The number of hydrogen-bond acceptors (Lipinski definition) is 4. The minimum Gasteiger partial charge on any atom is -0.491 e. The van der Waals surface area contributed by atoms with Gasteiger partial charge in [-0.05, 0) is 47.9 Å². The molecule has 184 valence electrons. The molecule has 0 fully saturated rings. The summed E-state index contributed by atoms with van der Waals surface area (Å²) in [5.41, 5.74) is 2.76. The number of para-hydroxylation sites is 1. The number of fused-ring (bicyclic) bond motifs is 3. The zero-order chi connectivity index (χ0) is 24.5. The van der Waals surface area contributed by atoms with Gasteiger partial charge in [0.15, 0.2) is 11.6 Å². The molecule has 0 unspecified atom stereocenters. The Morgan fingerprint density at radius 1 is 0.943 bits per heavy atom. The fraction of sp³-hybridized carbons (Fsp3) is 0.321. The van der Waals surface area contributed by atoms with Crippen LogP contribution in [0.25, 0.3) is 0 Å². The molecule has 1 amide bonds. The number of hydrogen-bond donors (Lipinski definition) is 0. The average Bonchev–Trinajstić information content (AvgIpc) is 2.85. The minimum atomic E-state index is -0.417. The van der Waals surface area contributed by atoms with Crippen LogP contribution in [0.3, 0.4) is 0 Å². The largest absolute Gasteiger partial charge is 0.491 e. The fourth-order valence-corrected chi connectivity index (χ4v) is 4.01. The lowest BCUT2D eigenvalue weighted by molar-refractivity contribution is -0.132. The molecule has 3 aromatic rings. The van der Waals surface area contributed by atoms with Crippen LogP contribution in [-0.4, -0.2) is 43.8 Å². The van der Waals surface area contributed by atoms with Crippen molar-refractivity contribution in [1.82, 2.24) is 4.90 Å². The molecule has 0 aliphatic carbocycles. The maximum atomic E-state index is 13.9. The van der Waals surface area contributed by atoms with E-state index in [1.807, 2.05) is 24.3 Å². The summed E-state index contributed by atoms with van der Waals surface area (Å²) in [7, 11) is 0. The first kappa shape index (κ1) is 24.7. The Hall–Kier alpha value is -3.45. The van der Waals surface area contributed by atoms with Gasteiger partial charge in [-0.2, -0.15) is 0 Å². The van der Waals surface area contributed by atoms with E-state index < -0.39 is 5.82 Å². The molecule has 1 aliphatic rings. The molecule has 1 heterocycles. The molecule has 7 heteroatoms. The summed E-state index contributed by atoms with van der Waals surface area (Å²) in [6, 6.07) is 18.7. The summed E-state index contributed by atoms with van der Waals surface area (Å²) in [4.78, 5) is 14.8. The molecule has 0 atom stereocenters. The first-order valence-electron chi connectivity index (χ1n) is 11.8. The van der Waals surface area contributed by atoms with Gasteiger partial charge in [0.1, 0.15) is 18.2 Å². The Kier molecular flexibility index (Phi) is 8.68. The molecule has 0 radical (unpaired) electrons. The topological polar surface area (TPSA) is 48.0 Å². The van der Waals surface area contributed by atoms with Crippen molar-refractivity contribution in [2.45, 2.75) is 25.8 Å². The summed E-state index contributed by atoms with van der Waals surface area (Å²) in [5.74, 6) is 0.0857. The molecule has 1 aliphatic heterocycles. The van der Waals surface area contributed by atoms with Crippen LogP contribution < -0.4 is 9.47 Å². The van der Waals surface area contributed by atoms with E-state index in [0.717, 1.165) is 16.7 Å². The summed E-state index contributed by atoms with van der Waals surface area (Å²) < 4.78 is 44.6. The van der Waals surface area contributed by atoms with Crippen LogP contribution in [0.15, 0.2) is 66.7 Å². The van der Waals surface area contributed by atoms with Crippen LogP contribution in [0.5, 0.6) is 11.5 Å². The van der Waals surface area contributed by atoms with Crippen molar-refractivity contribution in [1.29, 1.82) is 0 Å². The van der Waals surface area contributed by atoms with E-state index in [-0.39, 0.29) is 30.5 Å². The molecular formula is C28H29F2NO4. The molecule has 0 saturated heterocycles. The van der Waals surface area contributed by atoms with Crippen molar-refractivity contribution < 1.29 is 27.8 Å². The van der Waals surface area contributed by atoms with Gasteiger partial charge in [0, 0.05) is 31.5 Å². The van der Waals surface area contributed by atoms with Crippen LogP contribution in [0.1, 0.15) is 29.5 Å². The highest BCUT2D eigenvalue weighted by Crippen LogP contribution is 2.24. The predicted octanol–water partition coefficient (Wildman–Crippen LogP) is 5.15. The van der Waals surface area contributed by atoms with Gasteiger partial charge < -0.3 is 19.1 Å². The summed E-state index contributed by atoms with van der Waals surface area (Å²) in [6.07, 6.45) is 1.27. The Bertz CT molecular complexity index is 1140. The molecule has 2 bridgehead atoms. The predicted molar refractivity (Wildman–Crippen MR) is 129 cm³/mol. The van der Waals surface area contributed by atoms with Crippen LogP contribution in [0.2, 0.25) is 0 Å². The lowest BCUT2D eigenvalue weighted by atomic mass is 10.0. The Morgan fingerprint density at radius 2 is 1.80 bits per heavy atom. The number of nitrogens with zero attached hydrogens (tertiary/aromatic N) is 1. The second-order valence-electron chi connectivity index (χ2n) is 8.41. The molecule has 3 aromatic carbocycles. The van der Waals surface area contributed by atoms with E-state index in [1.165, 1.54) is 18.2 Å². The maximum Gasteiger partial charge on any atom is 0.223 e. The lowest BCUT2D eigenvalue weighted by Crippen LogP contribution is -2.34. The second-order valence-corrected chi connectivity index (χ2v) is 8.41. The molecule has 4 rings (SSSR count). The monoisotopic (exact) mass is 481 g/mol. The van der Waals surface area contributed by atoms with Gasteiger partial charge in [-0.25, -0.2) is 8.78 Å². The van der Waals surface area contributed by atoms with Crippen molar-refractivity contribution >= 4 is 5.91 Å². The molecular weight excluding hydrogens is 452 g/mol. The highest BCUT2D eigenvalue weighted by molar-refractivity contribution is 5.76. The van der Waals surface area contributed by atoms with Gasteiger partial charge in [-0.3, -0.25) is 4.79 Å². The van der Waals surface area contributed by atoms with E-state index in [0.29, 0.717) is 51.5 Å². The van der Waals surface area contributed by atoms with E-state index in [1.54, 1.807) is 29.2 Å². The summed E-state index contributed by atoms with van der Waals surface area (Å²) in [5, 5.41) is 0. The number of benzene rings is 3. The number of carbonyl (C=O) groups excluding carboxylic acids is 1. The fourth-order valence-electron chi connectivity index (χ4n) is 4.01. The molecule has 0 aromatic heterocycles. The molecule has 0 saturated carbocycles. The third kappa shape index (κ3) is 7.26. The van der Waals surface area contributed by atoms with Crippen LogP contribution in [0, 0.1) is 11.6 Å². The van der Waals surface area contributed by atoms with Crippen molar-refractivity contribution in [2.75, 3.05) is 33.0 Å². The van der Waals surface area contributed by atoms with E-state index in [2.05, 4.69) is 0 Å². The van der Waals surface area contributed by atoms with Crippen molar-refractivity contribution in [3.05, 3.63) is 95.1 Å². The Balaban J connectivity index is 1.41. The van der Waals surface area contributed by atoms with Gasteiger partial charge in [-0.1, -0.05) is 36.4 Å². The van der Waals surface area contributed by atoms with Crippen LogP contribution >= 0.6 is 0 Å². The molecule has 0 N–H and O–H groups in total. The van der Waals surface area contributed by atoms with Crippen molar-refractivity contribution in [3.63, 3.8) is 0 Å². The van der Waals surface area contributed by atoms with Crippen LogP contribution in [-0.2, 0) is 22.5 Å². The minimum absolute atomic E-state index is 0.0214. The Labute approximate surface area is 204 Å². The van der Waals surface area contributed by atoms with Gasteiger partial charge >= 0.3 is 0 Å². The smallest absolute Gasteiger partial charge is 0.223 e. The molecule has 35 heavy (non-hydrogen) atoms. The van der Waals surface area contributed by atoms with E-state index >= 15 is 0 Å². The molecule has 5 nitrogen and oxygen atoms in total. The van der Waals surface area contributed by atoms with Gasteiger partial charge in [0.05, 0.1) is 19.8 Å². The van der Waals surface area contributed by atoms with Crippen molar-refractivity contribution in [2.24, 2.45) is 0 Å². The highest BCUT2D eigenvalue weighted by atomic mass is 19.1. The quantitative estimate of drug-likeness (QED) is 0.473. The first-order valence-corrected chi connectivity index (χ1v) is 11.8. The zero-order valence-corrected chi connectivity index (χ0v) is 19.6. The normalized spacial score (nSPS) is 14.4. The third-order valence-electron chi connectivity index (χ3n) is 5.75. The number of rotatable bonds is 5. The highest BCUT2D eigenvalue weighted by Gasteiger charge is 2.16. The number of halogens is 2. The van der Waals surface area contributed by atoms with Gasteiger partial charge in [0.2, 0.25) is 5.91 Å². The lowest BCUT2D eigenvalue weighted by Gasteiger charge is -2.24. The SMILES string of the molecule is O=C(CCCOc1ccccc1F)N1CCOCCOc2ccc(F)cc2Cc2cccc(c2)C1. The second kappa shape index (κ2) is 12.3. The Morgan fingerprint density at radius 3 is 2.69 bits per heavy atom. The first-order chi connectivity index (χ1) is 17.1. The average molecular weight is 482 g/mol.